The molecule has 0 saturated carbocycles. The van der Waals surface area contributed by atoms with Crippen molar-refractivity contribution in [2.24, 2.45) is 16.7 Å². The number of primary amides is 1. The van der Waals surface area contributed by atoms with E-state index in [1.165, 1.54) is 0 Å². The number of rotatable bonds is 3. The molecule has 2 aliphatic carbocycles. The lowest BCUT2D eigenvalue weighted by Crippen LogP contribution is -2.79. The van der Waals surface area contributed by atoms with Gasteiger partial charge < -0.3 is 25.9 Å². The standard InChI is InChI=1S/C21H24N4O3/c1-3-9-25(2)10-8-20-16-12-4-5-13(19(22)26)17(16)28-18(20)14(24-23)6-7-21(20,27)15(25)11-12/h3-7,15,18,27H,1,8-11,23H2,2H3,(H-,22,26)/p+1/b24-14-/t15-,18?,20+,21-,25?/m1/s1. The fourth-order valence-corrected chi connectivity index (χ4v) is 6.26. The van der Waals surface area contributed by atoms with Crippen molar-refractivity contribution in [3.05, 3.63) is 53.6 Å². The molecule has 0 aromatic heterocycles. The van der Waals surface area contributed by atoms with Crippen LogP contribution < -0.4 is 16.3 Å². The molecule has 2 heterocycles. The van der Waals surface area contributed by atoms with Crippen molar-refractivity contribution in [3.63, 3.8) is 0 Å². The first-order chi connectivity index (χ1) is 13.3. The number of amides is 1. The number of likely N-dealkylation sites (tertiary alicyclic amines) is 1. The van der Waals surface area contributed by atoms with Gasteiger partial charge in [0.15, 0.2) is 6.10 Å². The second kappa shape index (κ2) is 5.24. The number of hydrazone groups is 1. The Morgan fingerprint density at radius 1 is 1.54 bits per heavy atom. The second-order valence-electron chi connectivity index (χ2n) is 8.67. The Kier molecular flexibility index (Phi) is 3.27. The maximum absolute atomic E-state index is 12.2. The Hall–Kier alpha value is -2.64. The number of quaternary nitrogens is 1. The van der Waals surface area contributed by atoms with Gasteiger partial charge in [-0.1, -0.05) is 12.6 Å². The molecule has 5 rings (SSSR count). The molecule has 4 aliphatic rings. The van der Waals surface area contributed by atoms with E-state index in [4.69, 9.17) is 16.3 Å². The van der Waals surface area contributed by atoms with Crippen molar-refractivity contribution in [1.29, 1.82) is 0 Å². The van der Waals surface area contributed by atoms with E-state index in [0.717, 1.165) is 24.2 Å². The summed E-state index contributed by atoms with van der Waals surface area (Å²) < 4.78 is 7.01. The van der Waals surface area contributed by atoms with Gasteiger partial charge in [-0.3, -0.25) is 4.79 Å². The molecule has 1 saturated heterocycles. The van der Waals surface area contributed by atoms with E-state index in [9.17, 15) is 9.90 Å². The average Bonchev–Trinajstić information content (AvgIpc) is 3.00. The van der Waals surface area contributed by atoms with Crippen LogP contribution in [0.25, 0.3) is 0 Å². The second-order valence-corrected chi connectivity index (χ2v) is 8.67. The Balaban J connectivity index is 1.85. The molecule has 146 valence electrons. The van der Waals surface area contributed by atoms with Crippen LogP contribution in [0.5, 0.6) is 5.75 Å². The number of likely N-dealkylation sites (N-methyl/N-ethyl adjacent to an activating group) is 1. The van der Waals surface area contributed by atoms with Crippen molar-refractivity contribution in [2.45, 2.75) is 36.0 Å². The highest BCUT2D eigenvalue weighted by atomic mass is 16.5. The first kappa shape index (κ1) is 17.5. The lowest BCUT2D eigenvalue weighted by molar-refractivity contribution is -0.942. The molecule has 1 aromatic rings. The summed E-state index contributed by atoms with van der Waals surface area (Å²) in [6.07, 6.45) is 6.35. The van der Waals surface area contributed by atoms with Gasteiger partial charge in [0.1, 0.15) is 23.1 Å². The van der Waals surface area contributed by atoms with E-state index in [0.29, 0.717) is 34.3 Å². The number of carbonyl (C=O) groups excluding carboxylic acids is 1. The Bertz CT molecular complexity index is 986. The van der Waals surface area contributed by atoms with Gasteiger partial charge >= 0.3 is 0 Å². The van der Waals surface area contributed by atoms with E-state index < -0.39 is 23.0 Å². The summed E-state index contributed by atoms with van der Waals surface area (Å²) in [5.41, 5.74) is 6.67. The number of benzene rings is 1. The summed E-state index contributed by atoms with van der Waals surface area (Å²) in [6, 6.07) is 3.62. The van der Waals surface area contributed by atoms with E-state index in [1.54, 1.807) is 12.1 Å². The minimum Gasteiger partial charge on any atom is -0.482 e. The van der Waals surface area contributed by atoms with Crippen molar-refractivity contribution >= 4 is 11.6 Å². The van der Waals surface area contributed by atoms with E-state index in [-0.39, 0.29) is 6.04 Å². The maximum Gasteiger partial charge on any atom is 0.252 e. The lowest BCUT2D eigenvalue weighted by atomic mass is 9.50. The molecular formula is C21H25N4O3+. The van der Waals surface area contributed by atoms with E-state index in [2.05, 4.69) is 18.7 Å². The molecule has 1 spiro atoms. The van der Waals surface area contributed by atoms with E-state index in [1.807, 2.05) is 18.2 Å². The van der Waals surface area contributed by atoms with Crippen molar-refractivity contribution in [2.75, 3.05) is 20.1 Å². The SMILES string of the molecule is C=CC[N+]1(C)CC[C@]23c4c5ccc(C(N)=O)c4OC2/C(=N\N)C=C[C@@]3(O)[C@H]1C5. The van der Waals surface area contributed by atoms with Gasteiger partial charge in [0.05, 0.1) is 31.1 Å². The molecule has 5 N–H and O–H groups in total. The zero-order valence-corrected chi connectivity index (χ0v) is 15.9. The first-order valence-corrected chi connectivity index (χ1v) is 9.60. The normalized spacial score (nSPS) is 40.7. The number of piperidine rings is 1. The molecule has 2 unspecified atom stereocenters. The predicted octanol–water partition coefficient (Wildman–Crippen LogP) is 0.361. The summed E-state index contributed by atoms with van der Waals surface area (Å²) in [7, 11) is 2.17. The van der Waals surface area contributed by atoms with Gasteiger partial charge in [-0.25, -0.2) is 0 Å². The molecule has 28 heavy (non-hydrogen) atoms. The molecule has 2 aliphatic heterocycles. The fraction of sp³-hybridized carbons (Fsp3) is 0.429. The Labute approximate surface area is 163 Å². The van der Waals surface area contributed by atoms with Crippen molar-refractivity contribution < 1.29 is 19.1 Å². The molecule has 1 amide bonds. The van der Waals surface area contributed by atoms with Gasteiger partial charge in [-0.05, 0) is 29.9 Å². The third kappa shape index (κ3) is 1.72. The number of ether oxygens (including phenoxy) is 1. The van der Waals surface area contributed by atoms with Crippen LogP contribution in [0.15, 0.2) is 42.0 Å². The van der Waals surface area contributed by atoms with Crippen molar-refractivity contribution in [3.8, 4) is 5.75 Å². The van der Waals surface area contributed by atoms with Crippen LogP contribution in [-0.2, 0) is 11.8 Å². The minimum absolute atomic E-state index is 0.0706. The summed E-state index contributed by atoms with van der Waals surface area (Å²) in [4.78, 5) is 12.1. The average molecular weight is 381 g/mol. The van der Waals surface area contributed by atoms with E-state index >= 15 is 0 Å². The van der Waals surface area contributed by atoms with Gasteiger partial charge in [-0.2, -0.15) is 5.10 Å². The molecule has 7 nitrogen and oxygen atoms in total. The first-order valence-electron chi connectivity index (χ1n) is 9.60. The van der Waals surface area contributed by atoms with Gasteiger partial charge in [-0.15, -0.1) is 0 Å². The maximum atomic E-state index is 12.2. The summed E-state index contributed by atoms with van der Waals surface area (Å²) in [6.45, 7) is 5.55. The zero-order valence-electron chi connectivity index (χ0n) is 15.9. The molecule has 0 radical (unpaired) electrons. The number of hydrogen-bond acceptors (Lipinski definition) is 5. The largest absolute Gasteiger partial charge is 0.482 e. The molecule has 2 bridgehead atoms. The smallest absolute Gasteiger partial charge is 0.252 e. The predicted molar refractivity (Wildman–Crippen MR) is 105 cm³/mol. The van der Waals surface area contributed by atoms with Crippen LogP contribution in [-0.4, -0.2) is 59.1 Å². The van der Waals surface area contributed by atoms with Gasteiger partial charge in [0, 0.05) is 18.4 Å². The topological polar surface area (TPSA) is 111 Å². The zero-order chi connectivity index (χ0) is 19.9. The minimum atomic E-state index is -1.14. The number of nitrogens with two attached hydrogens (primary N) is 2. The number of nitrogens with zero attached hydrogens (tertiary/aromatic N) is 2. The highest BCUT2D eigenvalue weighted by Gasteiger charge is 2.74. The highest BCUT2D eigenvalue weighted by Crippen LogP contribution is 2.63. The van der Waals surface area contributed by atoms with Crippen LogP contribution in [0.3, 0.4) is 0 Å². The number of hydrogen-bond donors (Lipinski definition) is 3. The molecule has 1 aromatic carbocycles. The summed E-state index contributed by atoms with van der Waals surface area (Å²) >= 11 is 0. The molecule has 5 atom stereocenters. The van der Waals surface area contributed by atoms with Crippen LogP contribution in [0.1, 0.15) is 27.9 Å². The van der Waals surface area contributed by atoms with Crippen LogP contribution in [0.4, 0.5) is 0 Å². The number of carbonyl (C=O) groups is 1. The van der Waals surface area contributed by atoms with Crippen molar-refractivity contribution in [1.82, 2.24) is 0 Å². The summed E-state index contributed by atoms with van der Waals surface area (Å²) in [5, 5.41) is 16.1. The lowest BCUT2D eigenvalue weighted by Gasteiger charge is -2.63. The third-order valence-corrected chi connectivity index (χ3v) is 7.52. The molecule has 1 fully saturated rings. The quantitative estimate of drug-likeness (QED) is 0.304. The van der Waals surface area contributed by atoms with Gasteiger partial charge in [0.25, 0.3) is 5.91 Å². The number of aliphatic hydroxyl groups is 1. The monoisotopic (exact) mass is 381 g/mol. The summed E-state index contributed by atoms with van der Waals surface area (Å²) in [5.74, 6) is 5.61. The Morgan fingerprint density at radius 3 is 3.00 bits per heavy atom. The van der Waals surface area contributed by atoms with Crippen LogP contribution >= 0.6 is 0 Å². The van der Waals surface area contributed by atoms with Crippen LogP contribution in [0.2, 0.25) is 0 Å². The highest BCUT2D eigenvalue weighted by molar-refractivity contribution is 6.04. The third-order valence-electron chi connectivity index (χ3n) is 7.52. The Morgan fingerprint density at radius 2 is 2.32 bits per heavy atom. The fourth-order valence-electron chi connectivity index (χ4n) is 6.26. The molecular weight excluding hydrogens is 356 g/mol. The van der Waals surface area contributed by atoms with Gasteiger partial charge in [0.2, 0.25) is 0 Å². The molecule has 7 heteroatoms. The van der Waals surface area contributed by atoms with Crippen LogP contribution in [0, 0.1) is 0 Å².